The second kappa shape index (κ2) is 7.45. The molecule has 28 heavy (non-hydrogen) atoms. The first-order valence-electron chi connectivity index (χ1n) is 10.7. The van der Waals surface area contributed by atoms with Crippen LogP contribution in [0.5, 0.6) is 0 Å². The number of nitrogens with zero attached hydrogens (tertiary/aromatic N) is 1. The van der Waals surface area contributed by atoms with Crippen molar-refractivity contribution >= 4 is 22.4 Å². The molecule has 2 fully saturated rings. The maximum absolute atomic E-state index is 12.6. The number of aliphatic hydroxyl groups excluding tert-OH is 1. The van der Waals surface area contributed by atoms with Gasteiger partial charge in [-0.1, -0.05) is 26.8 Å². The van der Waals surface area contributed by atoms with Crippen molar-refractivity contribution in [3.8, 4) is 0 Å². The second-order valence-corrected chi connectivity index (χ2v) is 10.5. The summed E-state index contributed by atoms with van der Waals surface area (Å²) in [7, 11) is 0. The molecule has 0 spiro atoms. The Morgan fingerprint density at radius 3 is 2.89 bits per heavy atom. The maximum Gasteiger partial charge on any atom is 0.223 e. The van der Waals surface area contributed by atoms with Gasteiger partial charge in [0.1, 0.15) is 0 Å². The van der Waals surface area contributed by atoms with E-state index in [4.69, 9.17) is 4.98 Å². The van der Waals surface area contributed by atoms with Gasteiger partial charge in [-0.05, 0) is 49.4 Å². The van der Waals surface area contributed by atoms with Gasteiger partial charge in [-0.3, -0.25) is 4.79 Å². The van der Waals surface area contributed by atoms with E-state index in [-0.39, 0.29) is 35.0 Å². The number of anilines is 1. The molecule has 3 aliphatic rings. The van der Waals surface area contributed by atoms with Crippen molar-refractivity contribution in [2.45, 2.75) is 70.9 Å². The molecule has 3 N–H and O–H groups in total. The van der Waals surface area contributed by atoms with E-state index in [1.165, 1.54) is 4.88 Å². The fraction of sp³-hybridized carbons (Fsp3) is 0.727. The zero-order chi connectivity index (χ0) is 20.1. The summed E-state index contributed by atoms with van der Waals surface area (Å²) in [6, 6.07) is 0.369. The highest BCUT2D eigenvalue weighted by molar-refractivity contribution is 7.15. The van der Waals surface area contributed by atoms with Crippen molar-refractivity contribution in [3.05, 3.63) is 23.2 Å². The predicted molar refractivity (Wildman–Crippen MR) is 114 cm³/mol. The predicted octanol–water partition coefficient (Wildman–Crippen LogP) is 3.71. The molecular weight excluding hydrogens is 370 g/mol. The summed E-state index contributed by atoms with van der Waals surface area (Å²) >= 11 is 1.74. The molecule has 1 aromatic rings. The van der Waals surface area contributed by atoms with Crippen LogP contribution in [0.15, 0.2) is 12.7 Å². The first kappa shape index (κ1) is 19.9. The lowest BCUT2D eigenvalue weighted by molar-refractivity contribution is -0.134. The van der Waals surface area contributed by atoms with Gasteiger partial charge in [0.2, 0.25) is 5.91 Å². The molecule has 1 aromatic heterocycles. The number of aliphatic hydroxyl groups is 1. The van der Waals surface area contributed by atoms with Crippen molar-refractivity contribution in [2.24, 2.45) is 23.2 Å². The molecule has 0 unspecified atom stereocenters. The molecule has 0 aliphatic heterocycles. The van der Waals surface area contributed by atoms with Gasteiger partial charge in [0, 0.05) is 29.3 Å². The summed E-state index contributed by atoms with van der Waals surface area (Å²) in [6.07, 6.45) is 6.50. The van der Waals surface area contributed by atoms with Crippen LogP contribution in [-0.4, -0.2) is 34.7 Å². The smallest absolute Gasteiger partial charge is 0.223 e. The number of rotatable bonds is 6. The van der Waals surface area contributed by atoms with E-state index in [2.05, 4.69) is 31.1 Å². The average Bonchev–Trinajstić information content (AvgIpc) is 3.36. The summed E-state index contributed by atoms with van der Waals surface area (Å²) < 4.78 is 0. The quantitative estimate of drug-likeness (QED) is 0.633. The Labute approximate surface area is 172 Å². The lowest BCUT2D eigenvalue weighted by Crippen LogP contribution is -2.53. The van der Waals surface area contributed by atoms with Crippen LogP contribution in [0.2, 0.25) is 0 Å². The maximum atomic E-state index is 12.6. The number of carbonyl (C=O) groups is 1. The number of amides is 1. The van der Waals surface area contributed by atoms with E-state index < -0.39 is 6.10 Å². The zero-order valence-electron chi connectivity index (χ0n) is 17.2. The van der Waals surface area contributed by atoms with Crippen molar-refractivity contribution in [1.82, 2.24) is 10.3 Å². The molecule has 1 heterocycles. The van der Waals surface area contributed by atoms with Gasteiger partial charge < -0.3 is 15.7 Å². The van der Waals surface area contributed by atoms with Crippen molar-refractivity contribution in [2.75, 3.05) is 11.9 Å². The molecular formula is C22H33N3O2S. The van der Waals surface area contributed by atoms with Gasteiger partial charge in [0.25, 0.3) is 0 Å². The number of hydrogen-bond acceptors (Lipinski definition) is 5. The van der Waals surface area contributed by atoms with E-state index in [1.807, 2.05) is 13.0 Å². The molecule has 3 aliphatic carbocycles. The third-order valence-electron chi connectivity index (χ3n) is 7.30. The topological polar surface area (TPSA) is 74.2 Å². The fourth-order valence-electron chi connectivity index (χ4n) is 5.54. The number of carbonyl (C=O) groups excluding carboxylic acids is 1. The monoisotopic (exact) mass is 403 g/mol. The number of hydrogen-bond donors (Lipinski definition) is 3. The minimum absolute atomic E-state index is 0.0258. The van der Waals surface area contributed by atoms with Crippen LogP contribution in [0.1, 0.15) is 62.9 Å². The van der Waals surface area contributed by atoms with Crippen LogP contribution < -0.4 is 10.6 Å². The Hall–Kier alpha value is -1.40. The highest BCUT2D eigenvalue weighted by Crippen LogP contribution is 2.57. The molecule has 6 atom stereocenters. The highest BCUT2D eigenvalue weighted by Gasteiger charge is 2.54. The summed E-state index contributed by atoms with van der Waals surface area (Å²) in [4.78, 5) is 18.8. The minimum Gasteiger partial charge on any atom is -0.392 e. The largest absolute Gasteiger partial charge is 0.392 e. The van der Waals surface area contributed by atoms with E-state index in [0.717, 1.165) is 42.9 Å². The van der Waals surface area contributed by atoms with Crippen LogP contribution in [-0.2, 0) is 11.2 Å². The lowest BCUT2D eigenvalue weighted by Gasteiger charge is -2.53. The molecule has 6 heteroatoms. The van der Waals surface area contributed by atoms with Crippen LogP contribution >= 0.6 is 11.3 Å². The molecule has 0 saturated heterocycles. The highest BCUT2D eigenvalue weighted by atomic mass is 32.1. The summed E-state index contributed by atoms with van der Waals surface area (Å²) in [5, 5.41) is 18.8. The molecule has 0 bridgehead atoms. The summed E-state index contributed by atoms with van der Waals surface area (Å²) in [6.45, 7) is 11.0. The van der Waals surface area contributed by atoms with Crippen molar-refractivity contribution in [3.63, 3.8) is 0 Å². The molecule has 2 saturated carbocycles. The normalized spacial score (nSPS) is 35.4. The van der Waals surface area contributed by atoms with Gasteiger partial charge in [-0.25, -0.2) is 4.98 Å². The van der Waals surface area contributed by atoms with E-state index in [0.29, 0.717) is 12.6 Å². The third-order valence-corrected chi connectivity index (χ3v) is 8.33. The number of nitrogens with one attached hydrogen (secondary N) is 2. The van der Waals surface area contributed by atoms with Crippen molar-refractivity contribution in [1.29, 1.82) is 0 Å². The van der Waals surface area contributed by atoms with Gasteiger partial charge >= 0.3 is 0 Å². The Morgan fingerprint density at radius 1 is 1.46 bits per heavy atom. The summed E-state index contributed by atoms with van der Waals surface area (Å²) in [5.74, 6) is 0.334. The molecule has 0 radical (unpaired) electrons. The first-order valence-corrected chi connectivity index (χ1v) is 11.5. The standard InChI is InChI=1S/C22H33N3O2S/c1-5-10-23-21-25-18-13(3)17-19(26)15(12(2)20(27)24-14-6-7-14)8-9-22(17,4)11-16(18)28-21/h5,12-15,17,19,26H,1,6-11H2,2-4H3,(H,23,25)(H,24,27)/t12-,13+,15+,17+,19-,22+/m0/s1. The lowest BCUT2D eigenvalue weighted by atomic mass is 9.53. The average molecular weight is 404 g/mol. The Bertz CT molecular complexity index is 759. The van der Waals surface area contributed by atoms with Gasteiger partial charge in [0.05, 0.1) is 11.8 Å². The Balaban J connectivity index is 1.55. The second-order valence-electron chi connectivity index (χ2n) is 9.41. The van der Waals surface area contributed by atoms with Crippen LogP contribution in [0.25, 0.3) is 0 Å². The molecule has 4 rings (SSSR count). The van der Waals surface area contributed by atoms with Gasteiger partial charge in [-0.2, -0.15) is 0 Å². The van der Waals surface area contributed by atoms with Crippen LogP contribution in [0.4, 0.5) is 5.13 Å². The van der Waals surface area contributed by atoms with E-state index in [1.54, 1.807) is 11.3 Å². The number of aromatic nitrogens is 1. The molecule has 5 nitrogen and oxygen atoms in total. The first-order chi connectivity index (χ1) is 13.3. The van der Waals surface area contributed by atoms with Crippen molar-refractivity contribution < 1.29 is 9.90 Å². The van der Waals surface area contributed by atoms with E-state index in [9.17, 15) is 9.90 Å². The van der Waals surface area contributed by atoms with Crippen LogP contribution in [0.3, 0.4) is 0 Å². The fourth-order valence-corrected chi connectivity index (χ4v) is 6.81. The zero-order valence-corrected chi connectivity index (χ0v) is 18.0. The van der Waals surface area contributed by atoms with Gasteiger partial charge in [0.15, 0.2) is 5.13 Å². The molecule has 154 valence electrons. The number of thiazole rings is 1. The SMILES string of the molecule is C=CCNc1nc2c(s1)C[C@@]1(C)CC[C@H]([C@H](C)C(=O)NC3CC3)[C@H](O)[C@H]1[C@H]2C. The number of fused-ring (bicyclic) bond motifs is 2. The van der Waals surface area contributed by atoms with Gasteiger partial charge in [-0.15, -0.1) is 17.9 Å². The molecule has 1 amide bonds. The van der Waals surface area contributed by atoms with Crippen LogP contribution in [0, 0.1) is 23.2 Å². The Kier molecular flexibility index (Phi) is 5.29. The minimum atomic E-state index is -0.465. The Morgan fingerprint density at radius 2 is 2.21 bits per heavy atom. The van der Waals surface area contributed by atoms with E-state index >= 15 is 0 Å². The third kappa shape index (κ3) is 3.50. The summed E-state index contributed by atoms with van der Waals surface area (Å²) in [5.41, 5.74) is 1.20. The molecule has 0 aromatic carbocycles.